The van der Waals surface area contributed by atoms with Gasteiger partial charge in [0.2, 0.25) is 0 Å². The van der Waals surface area contributed by atoms with E-state index in [0.717, 1.165) is 62.7 Å². The topological polar surface area (TPSA) is 41.6 Å². The minimum Gasteiger partial charge on any atom is -0.484 e. The highest BCUT2D eigenvalue weighted by atomic mass is 19.1. The minimum absolute atomic E-state index is 0.0568. The van der Waals surface area contributed by atoms with Crippen molar-refractivity contribution in [3.8, 4) is 5.75 Å². The van der Waals surface area contributed by atoms with Gasteiger partial charge in [0.25, 0.3) is 5.91 Å². The molecule has 1 aliphatic heterocycles. The van der Waals surface area contributed by atoms with Gasteiger partial charge >= 0.3 is 0 Å². The summed E-state index contributed by atoms with van der Waals surface area (Å²) in [6.45, 7) is 2.45. The minimum atomic E-state index is -0.289. The molecule has 1 N–H and O–H groups in total. The third-order valence-corrected chi connectivity index (χ3v) is 6.22. The van der Waals surface area contributed by atoms with E-state index in [4.69, 9.17) is 4.74 Å². The van der Waals surface area contributed by atoms with Crippen LogP contribution in [0.2, 0.25) is 0 Å². The zero-order valence-electron chi connectivity index (χ0n) is 16.8. The molecule has 0 bridgehead atoms. The lowest BCUT2D eigenvalue weighted by Crippen LogP contribution is -2.40. The number of halogens is 1. The Kier molecular flexibility index (Phi) is 6.14. The van der Waals surface area contributed by atoms with Gasteiger partial charge in [-0.25, -0.2) is 4.39 Å². The largest absolute Gasteiger partial charge is 0.484 e. The number of carbonyl (C=O) groups is 1. The summed E-state index contributed by atoms with van der Waals surface area (Å²) < 4.78 is 20.1. The molecule has 1 heterocycles. The molecule has 4 rings (SSSR count). The quantitative estimate of drug-likeness (QED) is 0.755. The first-order valence-corrected chi connectivity index (χ1v) is 10.7. The van der Waals surface area contributed by atoms with Gasteiger partial charge in [-0.2, -0.15) is 0 Å². The summed E-state index contributed by atoms with van der Waals surface area (Å²) in [5.74, 6) is 0.626. The van der Waals surface area contributed by atoms with Crippen LogP contribution in [0.3, 0.4) is 0 Å². The lowest BCUT2D eigenvalue weighted by molar-refractivity contribution is -0.132. The van der Waals surface area contributed by atoms with Crippen LogP contribution in [0.15, 0.2) is 48.5 Å². The van der Waals surface area contributed by atoms with E-state index in [1.807, 2.05) is 41.3 Å². The van der Waals surface area contributed by atoms with Gasteiger partial charge in [-0.3, -0.25) is 4.79 Å². The van der Waals surface area contributed by atoms with Crippen LogP contribution in [0.25, 0.3) is 0 Å². The molecule has 1 amide bonds. The van der Waals surface area contributed by atoms with Crippen LogP contribution in [0, 0.1) is 5.82 Å². The van der Waals surface area contributed by atoms with Crippen molar-refractivity contribution in [1.29, 1.82) is 0 Å². The first-order valence-electron chi connectivity index (χ1n) is 10.7. The van der Waals surface area contributed by atoms with Gasteiger partial charge < -0.3 is 15.0 Å². The number of nitrogens with zero attached hydrogens (tertiary/aromatic N) is 1. The molecule has 0 spiro atoms. The van der Waals surface area contributed by atoms with Crippen LogP contribution in [0.5, 0.6) is 5.75 Å². The van der Waals surface area contributed by atoms with E-state index in [1.165, 1.54) is 0 Å². The predicted octanol–water partition coefficient (Wildman–Crippen LogP) is 4.39. The maximum atomic E-state index is 14.4. The summed E-state index contributed by atoms with van der Waals surface area (Å²) >= 11 is 0. The molecule has 0 unspecified atom stereocenters. The number of rotatable bonds is 7. The number of ether oxygens (including phenoxy) is 1. The number of carbonyl (C=O) groups excluding carboxylic acids is 1. The standard InChI is InChI=1S/C24H29FN2O2/c25-22-8-2-1-7-21(22)24(13-3-4-14-24)26-17-19-9-11-20(12-10-19)29-18-23(28)27-15-5-6-16-27/h1-2,7-12,26H,3-6,13-18H2. The predicted molar refractivity (Wildman–Crippen MR) is 111 cm³/mol. The SMILES string of the molecule is O=C(COc1ccc(CNC2(c3ccccc3F)CCCC2)cc1)N1CCCC1. The number of hydrogen-bond acceptors (Lipinski definition) is 3. The second-order valence-electron chi connectivity index (χ2n) is 8.14. The highest BCUT2D eigenvalue weighted by Gasteiger charge is 2.36. The number of nitrogens with one attached hydrogen (secondary N) is 1. The van der Waals surface area contributed by atoms with E-state index < -0.39 is 0 Å². The fourth-order valence-electron chi connectivity index (χ4n) is 4.55. The Morgan fingerprint density at radius 3 is 2.38 bits per heavy atom. The fourth-order valence-corrected chi connectivity index (χ4v) is 4.55. The summed E-state index contributed by atoms with van der Waals surface area (Å²) in [6.07, 6.45) is 6.30. The van der Waals surface area contributed by atoms with Crippen LogP contribution in [-0.2, 0) is 16.9 Å². The van der Waals surface area contributed by atoms with Crippen LogP contribution < -0.4 is 10.1 Å². The van der Waals surface area contributed by atoms with E-state index in [0.29, 0.717) is 12.3 Å². The van der Waals surface area contributed by atoms with E-state index in [1.54, 1.807) is 12.1 Å². The molecule has 4 nitrogen and oxygen atoms in total. The molecule has 5 heteroatoms. The molecular formula is C24H29FN2O2. The maximum absolute atomic E-state index is 14.4. The Balaban J connectivity index is 1.34. The molecule has 0 atom stereocenters. The van der Waals surface area contributed by atoms with Gasteiger partial charge in [-0.15, -0.1) is 0 Å². The zero-order chi connectivity index (χ0) is 20.1. The zero-order valence-corrected chi connectivity index (χ0v) is 16.8. The molecule has 154 valence electrons. The molecule has 0 radical (unpaired) electrons. The van der Waals surface area contributed by atoms with Crippen molar-refractivity contribution in [3.05, 3.63) is 65.5 Å². The summed E-state index contributed by atoms with van der Waals surface area (Å²) in [6, 6.07) is 14.9. The molecule has 0 aromatic heterocycles. The molecule has 2 aromatic rings. The van der Waals surface area contributed by atoms with Crippen LogP contribution in [0.4, 0.5) is 4.39 Å². The van der Waals surface area contributed by atoms with Crippen molar-refractivity contribution in [1.82, 2.24) is 10.2 Å². The van der Waals surface area contributed by atoms with Gasteiger partial charge in [0.15, 0.2) is 6.61 Å². The van der Waals surface area contributed by atoms with Gasteiger partial charge in [-0.1, -0.05) is 43.2 Å². The third kappa shape index (κ3) is 4.61. The molecular weight excluding hydrogens is 367 g/mol. The van der Waals surface area contributed by atoms with E-state index in [2.05, 4.69) is 5.32 Å². The molecule has 1 saturated heterocycles. The fraction of sp³-hybridized carbons (Fsp3) is 0.458. The number of amides is 1. The molecule has 29 heavy (non-hydrogen) atoms. The molecule has 2 fully saturated rings. The highest BCUT2D eigenvalue weighted by molar-refractivity contribution is 5.78. The maximum Gasteiger partial charge on any atom is 0.260 e. The summed E-state index contributed by atoms with van der Waals surface area (Å²) in [4.78, 5) is 14.0. The summed E-state index contributed by atoms with van der Waals surface area (Å²) in [5.41, 5.74) is 1.60. The highest BCUT2D eigenvalue weighted by Crippen LogP contribution is 2.40. The van der Waals surface area contributed by atoms with Crippen molar-refractivity contribution in [2.45, 2.75) is 50.6 Å². The number of benzene rings is 2. The van der Waals surface area contributed by atoms with Crippen molar-refractivity contribution < 1.29 is 13.9 Å². The van der Waals surface area contributed by atoms with Crippen LogP contribution in [-0.4, -0.2) is 30.5 Å². The van der Waals surface area contributed by atoms with Gasteiger partial charge in [-0.05, 0) is 49.4 Å². The number of hydrogen-bond donors (Lipinski definition) is 1. The second-order valence-corrected chi connectivity index (χ2v) is 8.14. The molecule has 1 aliphatic carbocycles. The molecule has 2 aromatic carbocycles. The molecule has 2 aliphatic rings. The van der Waals surface area contributed by atoms with Gasteiger partial charge in [0.1, 0.15) is 11.6 Å². The van der Waals surface area contributed by atoms with Crippen molar-refractivity contribution in [3.63, 3.8) is 0 Å². The van der Waals surface area contributed by atoms with E-state index in [9.17, 15) is 9.18 Å². The Morgan fingerprint density at radius 2 is 1.69 bits per heavy atom. The number of likely N-dealkylation sites (tertiary alicyclic amines) is 1. The average Bonchev–Trinajstić information content (AvgIpc) is 3.44. The normalized spacial score (nSPS) is 18.2. The summed E-state index contributed by atoms with van der Waals surface area (Å²) in [7, 11) is 0. The first kappa shape index (κ1) is 19.9. The molecule has 1 saturated carbocycles. The van der Waals surface area contributed by atoms with Gasteiger partial charge in [0, 0.05) is 30.7 Å². The van der Waals surface area contributed by atoms with Crippen LogP contribution in [0.1, 0.15) is 49.7 Å². The Bertz CT molecular complexity index is 825. The third-order valence-electron chi connectivity index (χ3n) is 6.22. The second kappa shape index (κ2) is 8.95. The lowest BCUT2D eigenvalue weighted by Gasteiger charge is -2.31. The Hall–Kier alpha value is -2.40. The van der Waals surface area contributed by atoms with Crippen molar-refractivity contribution >= 4 is 5.91 Å². The summed E-state index contributed by atoms with van der Waals surface area (Å²) in [5, 5.41) is 3.63. The Labute approximate surface area is 172 Å². The monoisotopic (exact) mass is 396 g/mol. The first-order chi connectivity index (χ1) is 14.2. The van der Waals surface area contributed by atoms with E-state index >= 15 is 0 Å². The smallest absolute Gasteiger partial charge is 0.260 e. The van der Waals surface area contributed by atoms with Crippen molar-refractivity contribution in [2.24, 2.45) is 0 Å². The van der Waals surface area contributed by atoms with E-state index in [-0.39, 0.29) is 23.9 Å². The van der Waals surface area contributed by atoms with Gasteiger partial charge in [0.05, 0.1) is 0 Å². The van der Waals surface area contributed by atoms with Crippen LogP contribution >= 0.6 is 0 Å². The lowest BCUT2D eigenvalue weighted by atomic mass is 9.87. The Morgan fingerprint density at radius 1 is 1.00 bits per heavy atom. The average molecular weight is 397 g/mol. The van der Waals surface area contributed by atoms with Crippen molar-refractivity contribution in [2.75, 3.05) is 19.7 Å².